The molecule has 0 spiro atoms. The summed E-state index contributed by atoms with van der Waals surface area (Å²) in [5.74, 6) is -1.11. The van der Waals surface area contributed by atoms with Gasteiger partial charge in [0.2, 0.25) is 0 Å². The molecule has 1 aromatic carbocycles. The van der Waals surface area contributed by atoms with E-state index in [0.29, 0.717) is 5.56 Å². The quantitative estimate of drug-likeness (QED) is 0.832. The van der Waals surface area contributed by atoms with Gasteiger partial charge >= 0.3 is 0 Å². The van der Waals surface area contributed by atoms with Crippen molar-refractivity contribution in [3.05, 3.63) is 58.1 Å². The number of anilines is 1. The van der Waals surface area contributed by atoms with Crippen molar-refractivity contribution in [2.75, 3.05) is 5.32 Å². The Morgan fingerprint density at radius 3 is 2.65 bits per heavy atom. The maximum atomic E-state index is 13.8. The summed E-state index contributed by atoms with van der Waals surface area (Å²) in [6, 6.07) is 7.32. The molecule has 0 bridgehead atoms. The van der Waals surface area contributed by atoms with Crippen LogP contribution in [0.1, 0.15) is 16.1 Å². The van der Waals surface area contributed by atoms with Crippen molar-refractivity contribution >= 4 is 44.7 Å². The standard InChI is InChI=1S/C13H9BrFN3OS/c14-8-2-4-11(17-6-8)13(19)18-10-3-1-7(12(16)20)5-9(10)15/h1-6H,(H2,16,20)(H,18,19). The highest BCUT2D eigenvalue weighted by Gasteiger charge is 2.11. The normalized spacial score (nSPS) is 10.1. The third kappa shape index (κ3) is 3.37. The van der Waals surface area contributed by atoms with E-state index >= 15 is 0 Å². The van der Waals surface area contributed by atoms with E-state index < -0.39 is 11.7 Å². The summed E-state index contributed by atoms with van der Waals surface area (Å²) in [5.41, 5.74) is 6.03. The predicted octanol–water partition coefficient (Wildman–Crippen LogP) is 2.87. The second-order valence-electron chi connectivity index (χ2n) is 3.87. The number of amides is 1. The molecule has 1 aromatic heterocycles. The van der Waals surface area contributed by atoms with Crippen molar-refractivity contribution in [3.63, 3.8) is 0 Å². The molecular weight excluding hydrogens is 345 g/mol. The summed E-state index contributed by atoms with van der Waals surface area (Å²) in [6.07, 6.45) is 1.49. The van der Waals surface area contributed by atoms with Gasteiger partial charge in [0.05, 0.1) is 5.69 Å². The molecule has 0 fully saturated rings. The van der Waals surface area contributed by atoms with Gasteiger partial charge in [0.25, 0.3) is 5.91 Å². The van der Waals surface area contributed by atoms with Crippen LogP contribution < -0.4 is 11.1 Å². The van der Waals surface area contributed by atoms with Crippen LogP contribution in [0.5, 0.6) is 0 Å². The highest BCUT2D eigenvalue weighted by atomic mass is 79.9. The number of carbonyl (C=O) groups is 1. The molecule has 0 unspecified atom stereocenters. The number of rotatable bonds is 3. The molecule has 2 aromatic rings. The Labute approximate surface area is 128 Å². The van der Waals surface area contributed by atoms with Gasteiger partial charge in [-0.25, -0.2) is 9.37 Å². The van der Waals surface area contributed by atoms with E-state index in [9.17, 15) is 9.18 Å². The number of aromatic nitrogens is 1. The Morgan fingerprint density at radius 1 is 1.35 bits per heavy atom. The zero-order chi connectivity index (χ0) is 14.7. The highest BCUT2D eigenvalue weighted by molar-refractivity contribution is 9.10. The highest BCUT2D eigenvalue weighted by Crippen LogP contribution is 2.17. The van der Waals surface area contributed by atoms with Crippen LogP contribution in [0.15, 0.2) is 41.0 Å². The summed E-state index contributed by atoms with van der Waals surface area (Å²) in [7, 11) is 0. The van der Waals surface area contributed by atoms with Gasteiger partial charge in [-0.1, -0.05) is 12.2 Å². The summed E-state index contributed by atoms with van der Waals surface area (Å²) in [6.45, 7) is 0. The monoisotopic (exact) mass is 353 g/mol. The van der Waals surface area contributed by atoms with Crippen molar-refractivity contribution in [1.82, 2.24) is 4.98 Å². The number of benzene rings is 1. The summed E-state index contributed by atoms with van der Waals surface area (Å²) >= 11 is 7.97. The van der Waals surface area contributed by atoms with E-state index in [1.165, 1.54) is 30.5 Å². The third-order valence-corrected chi connectivity index (χ3v) is 3.17. The lowest BCUT2D eigenvalue weighted by Gasteiger charge is -2.07. The van der Waals surface area contributed by atoms with E-state index in [1.807, 2.05) is 0 Å². The molecule has 0 saturated heterocycles. The van der Waals surface area contributed by atoms with Crippen LogP contribution in [0.3, 0.4) is 0 Å². The van der Waals surface area contributed by atoms with Crippen molar-refractivity contribution in [3.8, 4) is 0 Å². The van der Waals surface area contributed by atoms with Crippen LogP contribution in [-0.2, 0) is 0 Å². The van der Waals surface area contributed by atoms with Crippen LogP contribution in [0.4, 0.5) is 10.1 Å². The molecule has 1 heterocycles. The first kappa shape index (κ1) is 14.5. The molecule has 0 radical (unpaired) electrons. The molecule has 0 aliphatic carbocycles. The van der Waals surface area contributed by atoms with E-state index in [0.717, 1.165) is 4.47 Å². The SMILES string of the molecule is NC(=S)c1ccc(NC(=O)c2ccc(Br)cn2)c(F)c1. The maximum Gasteiger partial charge on any atom is 0.274 e. The van der Waals surface area contributed by atoms with Gasteiger partial charge in [0.15, 0.2) is 0 Å². The smallest absolute Gasteiger partial charge is 0.274 e. The van der Waals surface area contributed by atoms with Gasteiger partial charge in [0.1, 0.15) is 16.5 Å². The van der Waals surface area contributed by atoms with Gasteiger partial charge in [-0.3, -0.25) is 4.79 Å². The molecule has 3 N–H and O–H groups in total. The fraction of sp³-hybridized carbons (Fsp3) is 0. The Kier molecular flexibility index (Phi) is 4.41. The number of hydrogen-bond acceptors (Lipinski definition) is 3. The van der Waals surface area contributed by atoms with E-state index in [4.69, 9.17) is 18.0 Å². The van der Waals surface area contributed by atoms with Crippen LogP contribution in [0.2, 0.25) is 0 Å². The lowest BCUT2D eigenvalue weighted by Crippen LogP contribution is -2.15. The van der Waals surface area contributed by atoms with Crippen LogP contribution >= 0.6 is 28.1 Å². The van der Waals surface area contributed by atoms with Crippen LogP contribution in [0, 0.1) is 5.82 Å². The minimum atomic E-state index is -0.610. The molecule has 20 heavy (non-hydrogen) atoms. The molecule has 7 heteroatoms. The summed E-state index contributed by atoms with van der Waals surface area (Å²) in [5, 5.41) is 2.44. The molecule has 1 amide bonds. The van der Waals surface area contributed by atoms with Gasteiger partial charge in [0, 0.05) is 16.2 Å². The van der Waals surface area contributed by atoms with Crippen molar-refractivity contribution < 1.29 is 9.18 Å². The molecule has 2 rings (SSSR count). The van der Waals surface area contributed by atoms with E-state index in [1.54, 1.807) is 6.07 Å². The fourth-order valence-corrected chi connectivity index (χ4v) is 1.83. The second kappa shape index (κ2) is 6.06. The van der Waals surface area contributed by atoms with Crippen LogP contribution in [-0.4, -0.2) is 15.9 Å². The maximum absolute atomic E-state index is 13.8. The number of carbonyl (C=O) groups excluding carboxylic acids is 1. The minimum Gasteiger partial charge on any atom is -0.389 e. The fourth-order valence-electron chi connectivity index (χ4n) is 1.47. The van der Waals surface area contributed by atoms with E-state index in [-0.39, 0.29) is 16.4 Å². The van der Waals surface area contributed by atoms with Crippen molar-refractivity contribution in [2.45, 2.75) is 0 Å². The predicted molar refractivity (Wildman–Crippen MR) is 82.2 cm³/mol. The first-order valence-corrected chi connectivity index (χ1v) is 6.70. The average molecular weight is 354 g/mol. The third-order valence-electron chi connectivity index (χ3n) is 2.46. The molecule has 0 saturated carbocycles. The van der Waals surface area contributed by atoms with E-state index in [2.05, 4.69) is 26.2 Å². The topological polar surface area (TPSA) is 68.0 Å². The summed E-state index contributed by atoms with van der Waals surface area (Å²) < 4.78 is 14.5. The lowest BCUT2D eigenvalue weighted by atomic mass is 10.2. The number of nitrogens with two attached hydrogens (primary N) is 1. The Bertz CT molecular complexity index is 676. The number of hydrogen-bond donors (Lipinski definition) is 2. The molecule has 102 valence electrons. The number of nitrogens with one attached hydrogen (secondary N) is 1. The summed E-state index contributed by atoms with van der Waals surface area (Å²) in [4.78, 5) is 15.9. The van der Waals surface area contributed by atoms with Gasteiger partial charge in [-0.2, -0.15) is 0 Å². The molecule has 0 aliphatic rings. The number of thiocarbonyl (C=S) groups is 1. The lowest BCUT2D eigenvalue weighted by molar-refractivity contribution is 0.102. The first-order valence-electron chi connectivity index (χ1n) is 5.49. The van der Waals surface area contributed by atoms with Crippen molar-refractivity contribution in [2.24, 2.45) is 5.73 Å². The molecular formula is C13H9BrFN3OS. The second-order valence-corrected chi connectivity index (χ2v) is 5.23. The first-order chi connectivity index (χ1) is 9.47. The molecule has 0 atom stereocenters. The Morgan fingerprint density at radius 2 is 2.10 bits per heavy atom. The van der Waals surface area contributed by atoms with Gasteiger partial charge < -0.3 is 11.1 Å². The zero-order valence-electron chi connectivity index (χ0n) is 10.1. The Hall–Kier alpha value is -1.86. The molecule has 0 aliphatic heterocycles. The van der Waals surface area contributed by atoms with Crippen molar-refractivity contribution in [1.29, 1.82) is 0 Å². The number of halogens is 2. The minimum absolute atomic E-state index is 0.0414. The van der Waals surface area contributed by atoms with Gasteiger partial charge in [-0.05, 0) is 46.3 Å². The zero-order valence-corrected chi connectivity index (χ0v) is 12.5. The van der Waals surface area contributed by atoms with Gasteiger partial charge in [-0.15, -0.1) is 0 Å². The van der Waals surface area contributed by atoms with Crippen LogP contribution in [0.25, 0.3) is 0 Å². The largest absolute Gasteiger partial charge is 0.389 e. The number of pyridine rings is 1. The Balaban J connectivity index is 2.19. The average Bonchev–Trinajstić information content (AvgIpc) is 2.41. The molecule has 4 nitrogen and oxygen atoms in total. The number of nitrogens with zero attached hydrogens (tertiary/aromatic N) is 1.